The molecule has 0 aliphatic heterocycles. The molecule has 0 atom stereocenters. The first kappa shape index (κ1) is 11.8. The van der Waals surface area contributed by atoms with E-state index in [2.05, 4.69) is 18.0 Å². The summed E-state index contributed by atoms with van der Waals surface area (Å²) in [6.45, 7) is 2.94. The van der Waals surface area contributed by atoms with E-state index in [9.17, 15) is 0 Å². The fraction of sp³-hybridized carbons (Fsp3) is 0.231. The number of thiocarbonyl (C=S) groups is 1. The van der Waals surface area contributed by atoms with Gasteiger partial charge < -0.3 is 10.6 Å². The first-order chi connectivity index (χ1) is 8.22. The second kappa shape index (κ2) is 5.10. The van der Waals surface area contributed by atoms with E-state index < -0.39 is 0 Å². The minimum absolute atomic E-state index is 0.412. The van der Waals surface area contributed by atoms with Crippen LogP contribution in [-0.4, -0.2) is 16.6 Å². The van der Waals surface area contributed by atoms with E-state index in [1.807, 2.05) is 29.2 Å². The lowest BCUT2D eigenvalue weighted by molar-refractivity contribution is 0.905. The maximum absolute atomic E-state index is 5.74. The summed E-state index contributed by atoms with van der Waals surface area (Å²) >= 11 is 5.08. The molecule has 0 spiro atoms. The summed E-state index contributed by atoms with van der Waals surface area (Å²) in [5.74, 6) is 0. The molecule has 0 radical (unpaired) electrons. The molecule has 2 rings (SSSR count). The lowest BCUT2D eigenvalue weighted by atomic mass is 10.2. The number of nitrogens with two attached hydrogens (primary N) is 1. The fourth-order valence-electron chi connectivity index (χ4n) is 1.82. The summed E-state index contributed by atoms with van der Waals surface area (Å²) < 4.78 is 0. The molecule has 4 heteroatoms. The van der Waals surface area contributed by atoms with E-state index in [0.29, 0.717) is 5.11 Å². The van der Waals surface area contributed by atoms with Gasteiger partial charge in [0.2, 0.25) is 0 Å². The molecule has 0 unspecified atom stereocenters. The molecule has 0 aliphatic rings. The monoisotopic (exact) mass is 245 g/mol. The van der Waals surface area contributed by atoms with Crippen molar-refractivity contribution in [2.45, 2.75) is 13.3 Å². The van der Waals surface area contributed by atoms with Gasteiger partial charge in [-0.05, 0) is 42.9 Å². The van der Waals surface area contributed by atoms with Crippen LogP contribution in [0.25, 0.3) is 10.9 Å². The van der Waals surface area contributed by atoms with Crippen LogP contribution >= 0.6 is 12.2 Å². The third-order valence-corrected chi connectivity index (χ3v) is 2.83. The second-order valence-corrected chi connectivity index (χ2v) is 4.29. The first-order valence-electron chi connectivity index (χ1n) is 5.64. The molecule has 0 saturated heterocycles. The zero-order chi connectivity index (χ0) is 12.3. The smallest absolute Gasteiger partial charge is 0.170 e. The Hall–Kier alpha value is -1.68. The van der Waals surface area contributed by atoms with E-state index >= 15 is 0 Å². The van der Waals surface area contributed by atoms with E-state index in [1.54, 1.807) is 6.20 Å². The molecule has 2 N–H and O–H groups in total. The molecular weight excluding hydrogens is 230 g/mol. The minimum atomic E-state index is 0.412. The third kappa shape index (κ3) is 2.53. The van der Waals surface area contributed by atoms with Gasteiger partial charge in [0.25, 0.3) is 0 Å². The van der Waals surface area contributed by atoms with Crippen LogP contribution in [0.1, 0.15) is 13.3 Å². The highest BCUT2D eigenvalue weighted by molar-refractivity contribution is 7.80. The Morgan fingerprint density at radius 3 is 2.94 bits per heavy atom. The summed E-state index contributed by atoms with van der Waals surface area (Å²) in [6, 6.07) is 10.0. The van der Waals surface area contributed by atoms with Crippen molar-refractivity contribution in [1.29, 1.82) is 0 Å². The Balaban J connectivity index is 2.43. The Labute approximate surface area is 106 Å². The first-order valence-corrected chi connectivity index (χ1v) is 6.05. The number of benzene rings is 1. The van der Waals surface area contributed by atoms with Gasteiger partial charge in [-0.3, -0.25) is 4.98 Å². The molecule has 1 aromatic carbocycles. The highest BCUT2D eigenvalue weighted by Gasteiger charge is 2.08. The highest BCUT2D eigenvalue weighted by atomic mass is 32.1. The van der Waals surface area contributed by atoms with E-state index in [0.717, 1.165) is 29.6 Å². The van der Waals surface area contributed by atoms with Crippen LogP contribution in [-0.2, 0) is 0 Å². The molecular formula is C13H15N3S. The van der Waals surface area contributed by atoms with Gasteiger partial charge in [0.05, 0.1) is 5.52 Å². The van der Waals surface area contributed by atoms with Gasteiger partial charge in [-0.2, -0.15) is 0 Å². The zero-order valence-corrected chi connectivity index (χ0v) is 10.6. The normalized spacial score (nSPS) is 10.4. The number of pyridine rings is 1. The Morgan fingerprint density at radius 2 is 2.24 bits per heavy atom. The van der Waals surface area contributed by atoms with Crippen LogP contribution < -0.4 is 10.6 Å². The van der Waals surface area contributed by atoms with Crippen molar-refractivity contribution in [3.63, 3.8) is 0 Å². The maximum atomic E-state index is 5.74. The Bertz CT molecular complexity index is 539. The van der Waals surface area contributed by atoms with Crippen LogP contribution in [0.4, 0.5) is 5.69 Å². The van der Waals surface area contributed by atoms with Crippen LogP contribution in [0.5, 0.6) is 0 Å². The molecule has 1 aromatic heterocycles. The Kier molecular flexibility index (Phi) is 3.54. The fourth-order valence-corrected chi connectivity index (χ4v) is 2.02. The van der Waals surface area contributed by atoms with Crippen LogP contribution in [0.2, 0.25) is 0 Å². The van der Waals surface area contributed by atoms with Crippen molar-refractivity contribution in [1.82, 2.24) is 4.98 Å². The van der Waals surface area contributed by atoms with Gasteiger partial charge in [0.1, 0.15) is 0 Å². The molecule has 0 amide bonds. The van der Waals surface area contributed by atoms with Gasteiger partial charge in [-0.15, -0.1) is 0 Å². The van der Waals surface area contributed by atoms with Crippen molar-refractivity contribution in [2.75, 3.05) is 11.4 Å². The van der Waals surface area contributed by atoms with Crippen LogP contribution in [0.15, 0.2) is 36.5 Å². The molecule has 3 nitrogen and oxygen atoms in total. The van der Waals surface area contributed by atoms with E-state index in [4.69, 9.17) is 18.0 Å². The quantitative estimate of drug-likeness (QED) is 0.844. The highest BCUT2D eigenvalue weighted by Crippen LogP contribution is 2.20. The van der Waals surface area contributed by atoms with Gasteiger partial charge in [-0.25, -0.2) is 0 Å². The number of nitrogens with zero attached hydrogens (tertiary/aromatic N) is 2. The summed E-state index contributed by atoms with van der Waals surface area (Å²) in [5, 5.41) is 1.51. The van der Waals surface area contributed by atoms with Gasteiger partial charge >= 0.3 is 0 Å². The Morgan fingerprint density at radius 1 is 1.41 bits per heavy atom. The summed E-state index contributed by atoms with van der Waals surface area (Å²) in [7, 11) is 0. The summed E-state index contributed by atoms with van der Waals surface area (Å²) in [4.78, 5) is 6.24. The lowest BCUT2D eigenvalue weighted by Crippen LogP contribution is -2.36. The van der Waals surface area contributed by atoms with Crippen molar-refractivity contribution in [3.05, 3.63) is 36.5 Å². The molecule has 0 saturated carbocycles. The average molecular weight is 245 g/mol. The molecule has 0 fully saturated rings. The molecule has 17 heavy (non-hydrogen) atoms. The van der Waals surface area contributed by atoms with Crippen LogP contribution in [0.3, 0.4) is 0 Å². The predicted molar refractivity (Wildman–Crippen MR) is 76.2 cm³/mol. The second-order valence-electron chi connectivity index (χ2n) is 3.87. The zero-order valence-electron chi connectivity index (χ0n) is 9.76. The molecule has 1 heterocycles. The van der Waals surface area contributed by atoms with Gasteiger partial charge in [-0.1, -0.05) is 13.0 Å². The largest absolute Gasteiger partial charge is 0.376 e. The van der Waals surface area contributed by atoms with Crippen LogP contribution in [0, 0.1) is 0 Å². The third-order valence-electron chi connectivity index (χ3n) is 2.61. The number of hydrogen-bond donors (Lipinski definition) is 1. The standard InChI is InChI=1S/C13H15N3S/c1-2-8-16(13(14)17)11-5-6-12-10(9-11)4-3-7-15-12/h3-7,9H,2,8H2,1H3,(H2,14,17). The number of aromatic nitrogens is 1. The summed E-state index contributed by atoms with van der Waals surface area (Å²) in [5.41, 5.74) is 7.75. The van der Waals surface area contributed by atoms with Crippen molar-refractivity contribution in [2.24, 2.45) is 5.73 Å². The SMILES string of the molecule is CCCN(C(N)=S)c1ccc2ncccc2c1. The van der Waals surface area contributed by atoms with E-state index in [-0.39, 0.29) is 0 Å². The molecule has 0 aliphatic carbocycles. The van der Waals surface area contributed by atoms with Gasteiger partial charge in [0.15, 0.2) is 5.11 Å². The number of anilines is 1. The van der Waals surface area contributed by atoms with Crippen molar-refractivity contribution in [3.8, 4) is 0 Å². The van der Waals surface area contributed by atoms with E-state index in [1.165, 1.54) is 0 Å². The van der Waals surface area contributed by atoms with Crippen molar-refractivity contribution < 1.29 is 0 Å². The molecule has 0 bridgehead atoms. The maximum Gasteiger partial charge on any atom is 0.170 e. The number of hydrogen-bond acceptors (Lipinski definition) is 2. The summed E-state index contributed by atoms with van der Waals surface area (Å²) in [6.07, 6.45) is 2.79. The number of rotatable bonds is 3. The topological polar surface area (TPSA) is 42.1 Å². The predicted octanol–water partition coefficient (Wildman–Crippen LogP) is 2.69. The number of fused-ring (bicyclic) bond motifs is 1. The van der Waals surface area contributed by atoms with Crippen molar-refractivity contribution >= 4 is 33.9 Å². The minimum Gasteiger partial charge on any atom is -0.376 e. The van der Waals surface area contributed by atoms with Gasteiger partial charge in [0, 0.05) is 23.8 Å². The molecule has 2 aromatic rings. The lowest BCUT2D eigenvalue weighted by Gasteiger charge is -2.22. The average Bonchev–Trinajstić information content (AvgIpc) is 2.35. The molecule has 88 valence electrons.